The molecule has 2 heterocycles. The Morgan fingerprint density at radius 2 is 2.20 bits per heavy atom. The number of carboxylic acid groups (broad SMARTS) is 1. The summed E-state index contributed by atoms with van der Waals surface area (Å²) in [7, 11) is -2.95. The Morgan fingerprint density at radius 3 is 2.90 bits per heavy atom. The minimum atomic E-state index is -2.95. The highest BCUT2D eigenvalue weighted by Gasteiger charge is 2.33. The van der Waals surface area contributed by atoms with Crippen molar-refractivity contribution < 1.29 is 18.3 Å². The van der Waals surface area contributed by atoms with E-state index in [9.17, 15) is 13.2 Å². The maximum atomic E-state index is 11.6. The molecule has 1 saturated heterocycles. The van der Waals surface area contributed by atoms with Crippen LogP contribution < -0.4 is 5.32 Å². The van der Waals surface area contributed by atoms with Gasteiger partial charge in [0.25, 0.3) is 0 Å². The molecule has 1 aliphatic carbocycles. The van der Waals surface area contributed by atoms with Crippen LogP contribution in [-0.4, -0.2) is 42.0 Å². The first-order chi connectivity index (χ1) is 9.44. The van der Waals surface area contributed by atoms with Crippen LogP contribution in [0.4, 0.5) is 5.13 Å². The van der Waals surface area contributed by atoms with Crippen LogP contribution in [0.5, 0.6) is 0 Å². The van der Waals surface area contributed by atoms with Gasteiger partial charge in [-0.25, -0.2) is 13.4 Å². The van der Waals surface area contributed by atoms with E-state index in [-0.39, 0.29) is 17.5 Å². The summed E-state index contributed by atoms with van der Waals surface area (Å²) in [4.78, 5) is 16.5. The van der Waals surface area contributed by atoms with Gasteiger partial charge in [-0.05, 0) is 25.7 Å². The van der Waals surface area contributed by atoms with Crippen LogP contribution in [0.3, 0.4) is 0 Å². The summed E-state index contributed by atoms with van der Waals surface area (Å²) < 4.78 is 23.2. The van der Waals surface area contributed by atoms with E-state index >= 15 is 0 Å². The molecular formula is C12H16N2O4S2. The maximum absolute atomic E-state index is 11.6. The van der Waals surface area contributed by atoms with Crippen molar-refractivity contribution >= 4 is 32.3 Å². The highest BCUT2D eigenvalue weighted by atomic mass is 32.2. The average Bonchev–Trinajstić information content (AvgIpc) is 2.86. The standard InChI is InChI=1S/C12H16N2O4S2/c15-11(16)8-3-4-9-10(8)14-12(19-9)13-7-2-1-5-20(17,18)6-7/h7-8H,1-6H2,(H,13,14)(H,15,16). The molecule has 3 rings (SSSR count). The first kappa shape index (κ1) is 13.8. The molecule has 6 nitrogen and oxygen atoms in total. The van der Waals surface area contributed by atoms with Crippen LogP contribution in [0, 0.1) is 0 Å². The first-order valence-corrected chi connectivity index (χ1v) is 9.28. The molecule has 1 fully saturated rings. The normalized spacial score (nSPS) is 28.0. The molecule has 0 bridgehead atoms. The predicted octanol–water partition coefficient (Wildman–Crippen LogP) is 1.25. The molecule has 0 radical (unpaired) electrons. The first-order valence-electron chi connectivity index (χ1n) is 6.64. The highest BCUT2D eigenvalue weighted by Crippen LogP contribution is 2.38. The molecule has 0 saturated carbocycles. The molecule has 0 amide bonds. The molecule has 2 unspecified atom stereocenters. The van der Waals surface area contributed by atoms with Crippen molar-refractivity contribution in [3.05, 3.63) is 10.6 Å². The molecule has 2 atom stereocenters. The molecular weight excluding hydrogens is 300 g/mol. The number of rotatable bonds is 3. The number of aliphatic carboxylic acids is 1. The molecule has 1 aromatic rings. The van der Waals surface area contributed by atoms with Crippen molar-refractivity contribution in [2.75, 3.05) is 16.8 Å². The van der Waals surface area contributed by atoms with Gasteiger partial charge in [0.2, 0.25) is 0 Å². The van der Waals surface area contributed by atoms with Gasteiger partial charge < -0.3 is 10.4 Å². The lowest BCUT2D eigenvalue weighted by Crippen LogP contribution is -2.34. The molecule has 0 spiro atoms. The number of sulfone groups is 1. The minimum absolute atomic E-state index is 0.108. The van der Waals surface area contributed by atoms with Crippen molar-refractivity contribution in [2.45, 2.75) is 37.6 Å². The largest absolute Gasteiger partial charge is 0.481 e. The summed E-state index contributed by atoms with van der Waals surface area (Å²) in [5.41, 5.74) is 0.656. The van der Waals surface area contributed by atoms with E-state index in [4.69, 9.17) is 5.11 Å². The van der Waals surface area contributed by atoms with Crippen LogP contribution in [0.25, 0.3) is 0 Å². The zero-order chi connectivity index (χ0) is 14.3. The number of hydrogen-bond donors (Lipinski definition) is 2. The lowest BCUT2D eigenvalue weighted by atomic mass is 10.1. The van der Waals surface area contributed by atoms with Crippen LogP contribution in [0.15, 0.2) is 0 Å². The molecule has 1 aromatic heterocycles. The lowest BCUT2D eigenvalue weighted by molar-refractivity contribution is -0.138. The third kappa shape index (κ3) is 2.67. The van der Waals surface area contributed by atoms with Crippen LogP contribution in [-0.2, 0) is 21.1 Å². The quantitative estimate of drug-likeness (QED) is 0.871. The number of nitrogens with one attached hydrogen (secondary N) is 1. The fraction of sp³-hybridized carbons (Fsp3) is 0.667. The topological polar surface area (TPSA) is 96.4 Å². The van der Waals surface area contributed by atoms with E-state index in [2.05, 4.69) is 10.3 Å². The SMILES string of the molecule is O=C(O)C1CCc2sc(NC3CCCS(=O)(=O)C3)nc21. The second kappa shape index (κ2) is 5.00. The van der Waals surface area contributed by atoms with Crippen molar-refractivity contribution in [3.8, 4) is 0 Å². The number of aromatic nitrogens is 1. The number of thiazole rings is 1. The number of hydrogen-bond acceptors (Lipinski definition) is 6. The van der Waals surface area contributed by atoms with E-state index in [1.54, 1.807) is 0 Å². The number of nitrogens with zero attached hydrogens (tertiary/aromatic N) is 1. The second-order valence-electron chi connectivity index (χ2n) is 5.35. The van der Waals surface area contributed by atoms with Crippen molar-refractivity contribution in [1.82, 2.24) is 4.98 Å². The van der Waals surface area contributed by atoms with Crippen molar-refractivity contribution in [3.63, 3.8) is 0 Å². The summed E-state index contributed by atoms with van der Waals surface area (Å²) in [6.45, 7) is 0. The van der Waals surface area contributed by atoms with E-state index < -0.39 is 21.7 Å². The molecule has 1 aliphatic heterocycles. The summed E-state index contributed by atoms with van der Waals surface area (Å²) in [6.07, 6.45) is 2.84. The van der Waals surface area contributed by atoms with Gasteiger partial charge in [0.1, 0.15) is 5.92 Å². The number of aryl methyl sites for hydroxylation is 1. The Kier molecular flexibility index (Phi) is 3.45. The number of carbonyl (C=O) groups is 1. The Bertz CT molecular complexity index is 638. The summed E-state index contributed by atoms with van der Waals surface area (Å²) in [5.74, 6) is -0.937. The van der Waals surface area contributed by atoms with Gasteiger partial charge in [0.05, 0.1) is 17.2 Å². The van der Waals surface area contributed by atoms with Crippen molar-refractivity contribution in [1.29, 1.82) is 0 Å². The smallest absolute Gasteiger partial charge is 0.312 e. The molecule has 0 aromatic carbocycles. The van der Waals surface area contributed by atoms with E-state index in [0.29, 0.717) is 23.7 Å². The Hall–Kier alpha value is -1.15. The van der Waals surface area contributed by atoms with Gasteiger partial charge in [-0.3, -0.25) is 4.79 Å². The van der Waals surface area contributed by atoms with Gasteiger partial charge in [-0.2, -0.15) is 0 Å². The Balaban J connectivity index is 1.74. The van der Waals surface area contributed by atoms with Crippen LogP contribution in [0.2, 0.25) is 0 Å². The van der Waals surface area contributed by atoms with E-state index in [1.165, 1.54) is 11.3 Å². The van der Waals surface area contributed by atoms with Gasteiger partial charge >= 0.3 is 5.97 Å². The maximum Gasteiger partial charge on any atom is 0.312 e. The molecule has 20 heavy (non-hydrogen) atoms. The minimum Gasteiger partial charge on any atom is -0.481 e. The van der Waals surface area contributed by atoms with E-state index in [0.717, 1.165) is 17.7 Å². The summed E-state index contributed by atoms with van der Waals surface area (Å²) in [6, 6.07) is -0.108. The van der Waals surface area contributed by atoms with Crippen LogP contribution in [0.1, 0.15) is 35.8 Å². The third-order valence-electron chi connectivity index (χ3n) is 3.81. The number of anilines is 1. The average molecular weight is 316 g/mol. The van der Waals surface area contributed by atoms with Crippen molar-refractivity contribution in [2.24, 2.45) is 0 Å². The lowest BCUT2D eigenvalue weighted by Gasteiger charge is -2.22. The highest BCUT2D eigenvalue weighted by molar-refractivity contribution is 7.91. The summed E-state index contributed by atoms with van der Waals surface area (Å²) >= 11 is 1.46. The number of fused-ring (bicyclic) bond motifs is 1. The van der Waals surface area contributed by atoms with Gasteiger partial charge in [-0.1, -0.05) is 0 Å². The van der Waals surface area contributed by atoms with Gasteiger partial charge in [0, 0.05) is 10.9 Å². The fourth-order valence-electron chi connectivity index (χ4n) is 2.84. The van der Waals surface area contributed by atoms with Gasteiger partial charge in [-0.15, -0.1) is 11.3 Å². The predicted molar refractivity (Wildman–Crippen MR) is 76.1 cm³/mol. The monoisotopic (exact) mass is 316 g/mol. The Labute approximate surface area is 121 Å². The number of carboxylic acids is 1. The molecule has 2 N–H and O–H groups in total. The molecule has 2 aliphatic rings. The molecule has 110 valence electrons. The summed E-state index contributed by atoms with van der Waals surface area (Å²) in [5, 5.41) is 12.9. The second-order valence-corrected chi connectivity index (χ2v) is 8.67. The Morgan fingerprint density at radius 1 is 1.40 bits per heavy atom. The fourth-order valence-corrected chi connectivity index (χ4v) is 5.59. The third-order valence-corrected chi connectivity index (χ3v) is 6.69. The van der Waals surface area contributed by atoms with Crippen LogP contribution >= 0.6 is 11.3 Å². The van der Waals surface area contributed by atoms with E-state index in [1.807, 2.05) is 0 Å². The zero-order valence-electron chi connectivity index (χ0n) is 10.8. The molecule has 8 heteroatoms. The van der Waals surface area contributed by atoms with Gasteiger partial charge in [0.15, 0.2) is 15.0 Å². The zero-order valence-corrected chi connectivity index (χ0v) is 12.5.